The lowest BCUT2D eigenvalue weighted by Gasteiger charge is -2.19. The van der Waals surface area contributed by atoms with Crippen LogP contribution in [0.2, 0.25) is 0 Å². The molecule has 0 bridgehead atoms. The lowest BCUT2D eigenvalue weighted by Crippen LogP contribution is -2.41. The Bertz CT molecular complexity index is 742. The van der Waals surface area contributed by atoms with Gasteiger partial charge in [-0.05, 0) is 24.6 Å². The number of nitrogens with one attached hydrogen (secondary N) is 1. The molecule has 3 N–H and O–H groups in total. The first-order chi connectivity index (χ1) is 10.4. The van der Waals surface area contributed by atoms with Crippen molar-refractivity contribution in [1.29, 1.82) is 0 Å². The molecule has 2 aromatic carbocycles. The summed E-state index contributed by atoms with van der Waals surface area (Å²) in [5.41, 5.74) is -0.967. The summed E-state index contributed by atoms with van der Waals surface area (Å²) in [6.45, 7) is 1.86. The summed E-state index contributed by atoms with van der Waals surface area (Å²) < 4.78 is 5.04. The molecule has 0 aliphatic heterocycles. The molecule has 2 aromatic rings. The molecule has 22 heavy (non-hydrogen) atoms. The summed E-state index contributed by atoms with van der Waals surface area (Å²) in [4.78, 5) is 34.2. The van der Waals surface area contributed by atoms with Crippen LogP contribution in [0.25, 0.3) is 0 Å². The number of aromatic hydroxyl groups is 1. The minimum Gasteiger partial charge on any atom is -0.508 e. The van der Waals surface area contributed by atoms with Crippen molar-refractivity contribution in [3.05, 3.63) is 50.3 Å². The van der Waals surface area contributed by atoms with E-state index in [9.17, 15) is 24.6 Å². The van der Waals surface area contributed by atoms with Crippen LogP contribution in [0.4, 0.5) is 5.69 Å². The molecule has 0 heterocycles. The van der Waals surface area contributed by atoms with E-state index in [0.717, 1.165) is 0 Å². The van der Waals surface area contributed by atoms with Gasteiger partial charge in [0.1, 0.15) is 17.5 Å². The maximum absolute atomic E-state index is 11.5. The molecular formula is C15H15NO6. The number of aliphatic carboxylic acids is 1. The predicted molar refractivity (Wildman–Crippen MR) is 79.4 cm³/mol. The Morgan fingerprint density at radius 1 is 1.23 bits per heavy atom. The standard InChI is InChI=1S/C15H15NO6/c1-2-22-14-11(12(18)13(14)19)16-10(15(20)21)7-8-3-5-9(17)6-4-8/h3-6,10,16-17H,2,7H2,1H3,(H,20,21)/t10-/m0/s1. The number of carbonyl (C=O) groups is 1. The summed E-state index contributed by atoms with van der Waals surface area (Å²) in [5.74, 6) is -1.21. The topological polar surface area (TPSA) is 113 Å². The van der Waals surface area contributed by atoms with E-state index >= 15 is 0 Å². The quantitative estimate of drug-likeness (QED) is 0.638. The van der Waals surface area contributed by atoms with Gasteiger partial charge < -0.3 is 20.3 Å². The molecule has 2 rings (SSSR count). The zero-order valence-corrected chi connectivity index (χ0v) is 11.8. The molecule has 0 fully saturated rings. The van der Waals surface area contributed by atoms with Crippen LogP contribution in [0.15, 0.2) is 33.9 Å². The Balaban J connectivity index is 2.18. The van der Waals surface area contributed by atoms with Crippen molar-refractivity contribution in [1.82, 2.24) is 0 Å². The molecule has 116 valence electrons. The molecule has 7 nitrogen and oxygen atoms in total. The van der Waals surface area contributed by atoms with Gasteiger partial charge in [0.2, 0.25) is 0 Å². The highest BCUT2D eigenvalue weighted by Gasteiger charge is 2.27. The van der Waals surface area contributed by atoms with Gasteiger partial charge >= 0.3 is 5.97 Å². The van der Waals surface area contributed by atoms with Crippen LogP contribution in [0.1, 0.15) is 12.5 Å². The highest BCUT2D eigenvalue weighted by atomic mass is 16.5. The van der Waals surface area contributed by atoms with Crippen LogP contribution in [-0.2, 0) is 11.2 Å². The van der Waals surface area contributed by atoms with Crippen LogP contribution in [-0.4, -0.2) is 28.8 Å². The molecule has 0 aliphatic rings. The SMILES string of the molecule is CCOc1c(N[C@@H](Cc2ccc(O)cc2)C(=O)O)c(=O)c1=O. The molecule has 7 heteroatoms. The van der Waals surface area contributed by atoms with Gasteiger partial charge in [-0.1, -0.05) is 12.1 Å². The lowest BCUT2D eigenvalue weighted by atomic mass is 10.0. The number of ether oxygens (including phenoxy) is 1. The smallest absolute Gasteiger partial charge is 0.326 e. The van der Waals surface area contributed by atoms with Gasteiger partial charge in [0.15, 0.2) is 5.75 Å². The molecule has 0 aromatic heterocycles. The first-order valence-corrected chi connectivity index (χ1v) is 6.67. The van der Waals surface area contributed by atoms with Gasteiger partial charge in [-0.15, -0.1) is 0 Å². The third-order valence-electron chi connectivity index (χ3n) is 3.15. The monoisotopic (exact) mass is 305 g/mol. The maximum Gasteiger partial charge on any atom is 0.326 e. The number of benzene rings is 1. The first-order valence-electron chi connectivity index (χ1n) is 6.67. The van der Waals surface area contributed by atoms with Crippen LogP contribution < -0.4 is 20.9 Å². The van der Waals surface area contributed by atoms with E-state index in [-0.39, 0.29) is 30.2 Å². The minimum absolute atomic E-state index is 0.0738. The molecule has 0 spiro atoms. The normalized spacial score (nSPS) is 12.0. The lowest BCUT2D eigenvalue weighted by molar-refractivity contribution is -0.137. The highest BCUT2D eigenvalue weighted by molar-refractivity contribution is 5.79. The van der Waals surface area contributed by atoms with E-state index in [0.29, 0.717) is 5.56 Å². The summed E-state index contributed by atoms with van der Waals surface area (Å²) in [7, 11) is 0. The maximum atomic E-state index is 11.5. The second-order valence-corrected chi connectivity index (χ2v) is 4.70. The number of phenolic OH excluding ortho intramolecular Hbond substituents is 1. The van der Waals surface area contributed by atoms with Gasteiger partial charge in [0, 0.05) is 6.42 Å². The Morgan fingerprint density at radius 2 is 1.86 bits per heavy atom. The van der Waals surface area contributed by atoms with Crippen LogP contribution in [0.5, 0.6) is 11.5 Å². The first kappa shape index (κ1) is 15.6. The molecule has 0 unspecified atom stereocenters. The minimum atomic E-state index is -1.16. The average Bonchev–Trinajstić information content (AvgIpc) is 2.50. The van der Waals surface area contributed by atoms with Crippen molar-refractivity contribution >= 4 is 11.7 Å². The summed E-state index contributed by atoms with van der Waals surface area (Å²) in [5, 5.41) is 21.0. The number of rotatable bonds is 7. The van der Waals surface area contributed by atoms with Gasteiger partial charge in [0.05, 0.1) is 6.61 Å². The number of hydrogen-bond donors (Lipinski definition) is 3. The van der Waals surface area contributed by atoms with Gasteiger partial charge in [0.25, 0.3) is 10.9 Å². The van der Waals surface area contributed by atoms with Gasteiger partial charge in [-0.3, -0.25) is 9.59 Å². The van der Waals surface area contributed by atoms with Crippen molar-refractivity contribution in [2.45, 2.75) is 19.4 Å². The molecular weight excluding hydrogens is 290 g/mol. The van der Waals surface area contributed by atoms with Crippen LogP contribution in [0, 0.1) is 0 Å². The fourth-order valence-corrected chi connectivity index (χ4v) is 2.03. The second-order valence-electron chi connectivity index (χ2n) is 4.70. The van der Waals surface area contributed by atoms with Crippen molar-refractivity contribution in [3.63, 3.8) is 0 Å². The number of carboxylic acids is 1. The van der Waals surface area contributed by atoms with Gasteiger partial charge in [-0.2, -0.15) is 0 Å². The van der Waals surface area contributed by atoms with Crippen LogP contribution in [0.3, 0.4) is 0 Å². The second kappa shape index (κ2) is 6.30. The Kier molecular flexibility index (Phi) is 4.45. The third kappa shape index (κ3) is 3.08. The number of carboxylic acid groups (broad SMARTS) is 1. The summed E-state index contributed by atoms with van der Waals surface area (Å²) in [6.07, 6.45) is 0.0833. The third-order valence-corrected chi connectivity index (χ3v) is 3.15. The Labute approximate surface area is 125 Å². The molecule has 0 saturated heterocycles. The van der Waals surface area contributed by atoms with E-state index < -0.39 is 22.9 Å². The molecule has 0 amide bonds. The summed E-state index contributed by atoms with van der Waals surface area (Å²) >= 11 is 0. The van der Waals surface area contributed by atoms with E-state index in [1.54, 1.807) is 19.1 Å². The Hall–Kier alpha value is -2.83. The van der Waals surface area contributed by atoms with E-state index in [1.165, 1.54) is 12.1 Å². The van der Waals surface area contributed by atoms with E-state index in [1.807, 2.05) is 0 Å². The Morgan fingerprint density at radius 3 is 2.41 bits per heavy atom. The molecule has 1 atom stereocenters. The number of hydrogen-bond acceptors (Lipinski definition) is 6. The van der Waals surface area contributed by atoms with Crippen LogP contribution >= 0.6 is 0 Å². The van der Waals surface area contributed by atoms with Gasteiger partial charge in [-0.25, -0.2) is 4.79 Å². The zero-order chi connectivity index (χ0) is 16.3. The molecule has 0 radical (unpaired) electrons. The van der Waals surface area contributed by atoms with Crippen molar-refractivity contribution in [2.75, 3.05) is 11.9 Å². The summed E-state index contributed by atoms with van der Waals surface area (Å²) in [6, 6.07) is 4.96. The van der Waals surface area contributed by atoms with Crippen molar-refractivity contribution in [2.24, 2.45) is 0 Å². The molecule has 0 aliphatic carbocycles. The van der Waals surface area contributed by atoms with Crippen molar-refractivity contribution < 1.29 is 19.7 Å². The van der Waals surface area contributed by atoms with E-state index in [4.69, 9.17) is 4.74 Å². The molecule has 0 saturated carbocycles. The highest BCUT2D eigenvalue weighted by Crippen LogP contribution is 2.20. The fraction of sp³-hybridized carbons (Fsp3) is 0.267. The van der Waals surface area contributed by atoms with Crippen molar-refractivity contribution in [3.8, 4) is 11.5 Å². The van der Waals surface area contributed by atoms with E-state index in [2.05, 4.69) is 5.32 Å². The number of anilines is 1. The fourth-order valence-electron chi connectivity index (χ4n) is 2.03. The zero-order valence-electron chi connectivity index (χ0n) is 11.8. The average molecular weight is 305 g/mol. The predicted octanol–water partition coefficient (Wildman–Crippen LogP) is 0.495. The number of phenols is 1. The largest absolute Gasteiger partial charge is 0.508 e.